The number of halogens is 1. The summed E-state index contributed by atoms with van der Waals surface area (Å²) >= 11 is 0. The minimum atomic E-state index is -4.18. The average molecular weight is 544 g/mol. The molecular weight excluding hydrogens is 513 g/mol. The molecule has 1 aliphatic rings. The number of fused-ring (bicyclic) bond motifs is 1. The molecule has 2 aromatic rings. The van der Waals surface area contributed by atoms with E-state index in [1.807, 2.05) is 0 Å². The van der Waals surface area contributed by atoms with Crippen molar-refractivity contribution in [2.75, 3.05) is 37.7 Å². The normalized spacial score (nSPS) is 19.8. The minimum Gasteiger partial charge on any atom is -0.486 e. The fourth-order valence-electron chi connectivity index (χ4n) is 3.75. The molecule has 3 rings (SSSR count). The zero-order chi connectivity index (χ0) is 26.8. The molecule has 0 saturated heterocycles. The first-order valence-corrected chi connectivity index (χ1v) is 14.5. The Labute approximate surface area is 210 Å². The van der Waals surface area contributed by atoms with Gasteiger partial charge in [0.2, 0.25) is 10.0 Å². The van der Waals surface area contributed by atoms with Crippen LogP contribution in [0.5, 0.6) is 5.75 Å². The monoisotopic (exact) mass is 543 g/mol. The highest BCUT2D eigenvalue weighted by Crippen LogP contribution is 2.36. The molecular formula is C23H30FN3O7S2. The van der Waals surface area contributed by atoms with Crippen LogP contribution in [0.25, 0.3) is 0 Å². The molecule has 13 heteroatoms. The van der Waals surface area contributed by atoms with Gasteiger partial charge in [0.25, 0.3) is 15.9 Å². The number of hydrogen-bond donors (Lipinski definition) is 2. The zero-order valence-electron chi connectivity index (χ0n) is 20.4. The van der Waals surface area contributed by atoms with Crippen molar-refractivity contribution in [2.24, 2.45) is 5.92 Å². The summed E-state index contributed by atoms with van der Waals surface area (Å²) in [5.74, 6) is -1.53. The van der Waals surface area contributed by atoms with Gasteiger partial charge in [-0.1, -0.05) is 13.0 Å². The van der Waals surface area contributed by atoms with Crippen molar-refractivity contribution in [2.45, 2.75) is 30.9 Å². The topological polar surface area (TPSA) is 133 Å². The van der Waals surface area contributed by atoms with Crippen LogP contribution >= 0.6 is 0 Å². The Hall–Kier alpha value is -2.74. The second-order valence-electron chi connectivity index (χ2n) is 8.91. The highest BCUT2D eigenvalue weighted by atomic mass is 32.2. The van der Waals surface area contributed by atoms with Gasteiger partial charge in [-0.3, -0.25) is 9.52 Å². The summed E-state index contributed by atoms with van der Waals surface area (Å²) in [5, 5.41) is 9.74. The molecule has 0 aliphatic carbocycles. The van der Waals surface area contributed by atoms with Crippen LogP contribution in [-0.4, -0.2) is 82.2 Å². The smallest absolute Gasteiger partial charge is 0.262 e. The summed E-state index contributed by atoms with van der Waals surface area (Å²) in [6.07, 6.45) is 0.293. The van der Waals surface area contributed by atoms with Gasteiger partial charge in [-0.25, -0.2) is 25.5 Å². The first-order valence-electron chi connectivity index (χ1n) is 11.2. The van der Waals surface area contributed by atoms with Gasteiger partial charge in [-0.2, -0.15) is 0 Å². The third kappa shape index (κ3) is 6.14. The van der Waals surface area contributed by atoms with E-state index in [1.165, 1.54) is 30.1 Å². The highest BCUT2D eigenvalue weighted by Gasteiger charge is 2.35. The minimum absolute atomic E-state index is 0.0390. The number of aliphatic hydroxyl groups excluding tert-OH is 1. The lowest BCUT2D eigenvalue weighted by molar-refractivity contribution is 0.0389. The molecule has 0 spiro atoms. The quantitative estimate of drug-likeness (QED) is 0.518. The largest absolute Gasteiger partial charge is 0.486 e. The lowest BCUT2D eigenvalue weighted by atomic mass is 9.99. The molecule has 1 heterocycles. The molecule has 0 fully saturated rings. The van der Waals surface area contributed by atoms with Crippen molar-refractivity contribution in [3.05, 3.63) is 53.8 Å². The maximum atomic E-state index is 13.5. The number of benzene rings is 2. The Bertz CT molecular complexity index is 1320. The van der Waals surface area contributed by atoms with Crippen molar-refractivity contribution < 1.29 is 35.9 Å². The van der Waals surface area contributed by atoms with Crippen LogP contribution < -0.4 is 9.46 Å². The molecule has 0 saturated carbocycles. The zero-order valence-corrected chi connectivity index (χ0v) is 22.0. The molecule has 0 unspecified atom stereocenters. The van der Waals surface area contributed by atoms with Crippen LogP contribution in [0.4, 0.5) is 10.1 Å². The van der Waals surface area contributed by atoms with Gasteiger partial charge in [-0.05, 0) is 43.3 Å². The Balaban J connectivity index is 2.11. The van der Waals surface area contributed by atoms with Gasteiger partial charge in [0.15, 0.2) is 5.75 Å². The number of sulfonamides is 2. The van der Waals surface area contributed by atoms with Gasteiger partial charge in [0.1, 0.15) is 11.9 Å². The SMILES string of the molecule is C[C@@H]1CN([C@@H](C)CO)C(=O)c2cccc(NS(=O)(=O)c3ccc(F)cc3)c2O[C@@H]1CN(C)S(C)(=O)=O. The van der Waals surface area contributed by atoms with Gasteiger partial charge in [0, 0.05) is 19.5 Å². The first kappa shape index (κ1) is 27.8. The van der Waals surface area contributed by atoms with Crippen LogP contribution in [0.1, 0.15) is 24.2 Å². The third-order valence-corrected chi connectivity index (χ3v) is 8.73. The number of carbonyl (C=O) groups excluding carboxylic acids is 1. The Kier molecular flexibility index (Phi) is 8.28. The molecule has 10 nitrogen and oxygen atoms in total. The number of nitrogens with zero attached hydrogens (tertiary/aromatic N) is 2. The predicted octanol–water partition coefficient (Wildman–Crippen LogP) is 1.74. The molecule has 0 bridgehead atoms. The van der Waals surface area contributed by atoms with E-state index < -0.39 is 43.9 Å². The van der Waals surface area contributed by atoms with Crippen LogP contribution in [-0.2, 0) is 20.0 Å². The van der Waals surface area contributed by atoms with Crippen molar-refractivity contribution in [1.29, 1.82) is 0 Å². The number of hydrogen-bond acceptors (Lipinski definition) is 7. The van der Waals surface area contributed by atoms with E-state index in [2.05, 4.69) is 4.72 Å². The van der Waals surface area contributed by atoms with Crippen LogP contribution in [0.3, 0.4) is 0 Å². The van der Waals surface area contributed by atoms with Crippen molar-refractivity contribution in [1.82, 2.24) is 9.21 Å². The second-order valence-corrected chi connectivity index (χ2v) is 12.7. The number of carbonyl (C=O) groups is 1. The lowest BCUT2D eigenvalue weighted by Crippen LogP contribution is -2.50. The number of ether oxygens (including phenoxy) is 1. The molecule has 1 amide bonds. The van der Waals surface area contributed by atoms with E-state index in [1.54, 1.807) is 13.8 Å². The number of anilines is 1. The molecule has 3 atom stereocenters. The van der Waals surface area contributed by atoms with E-state index in [0.717, 1.165) is 34.8 Å². The molecule has 198 valence electrons. The van der Waals surface area contributed by atoms with E-state index in [4.69, 9.17) is 4.74 Å². The Morgan fingerprint density at radius 2 is 1.83 bits per heavy atom. The molecule has 0 aromatic heterocycles. The number of amides is 1. The second kappa shape index (κ2) is 10.7. The van der Waals surface area contributed by atoms with Crippen molar-refractivity contribution in [3.8, 4) is 5.75 Å². The van der Waals surface area contributed by atoms with Gasteiger partial charge < -0.3 is 14.7 Å². The van der Waals surface area contributed by atoms with Crippen LogP contribution in [0.15, 0.2) is 47.4 Å². The number of nitrogens with one attached hydrogen (secondary N) is 1. The number of para-hydroxylation sites is 1. The molecule has 2 aromatic carbocycles. The maximum absolute atomic E-state index is 13.5. The Morgan fingerprint density at radius 1 is 1.19 bits per heavy atom. The van der Waals surface area contributed by atoms with Gasteiger partial charge in [-0.15, -0.1) is 0 Å². The molecule has 36 heavy (non-hydrogen) atoms. The Morgan fingerprint density at radius 3 is 2.42 bits per heavy atom. The summed E-state index contributed by atoms with van der Waals surface area (Å²) < 4.78 is 73.2. The van der Waals surface area contributed by atoms with Crippen molar-refractivity contribution in [3.63, 3.8) is 0 Å². The van der Waals surface area contributed by atoms with Gasteiger partial charge >= 0.3 is 0 Å². The van der Waals surface area contributed by atoms with Crippen molar-refractivity contribution >= 4 is 31.6 Å². The van der Waals surface area contributed by atoms with E-state index in [0.29, 0.717) is 0 Å². The fraction of sp³-hybridized carbons (Fsp3) is 0.435. The lowest BCUT2D eigenvalue weighted by Gasteiger charge is -2.38. The van der Waals surface area contributed by atoms with Crippen LogP contribution in [0, 0.1) is 11.7 Å². The summed E-state index contributed by atoms with van der Waals surface area (Å²) in [7, 11) is -6.34. The third-order valence-electron chi connectivity index (χ3n) is 6.06. The fourth-order valence-corrected chi connectivity index (χ4v) is 5.23. The highest BCUT2D eigenvalue weighted by molar-refractivity contribution is 7.92. The van der Waals surface area contributed by atoms with E-state index >= 15 is 0 Å². The summed E-state index contributed by atoms with van der Waals surface area (Å²) in [4.78, 5) is 14.7. The van der Waals surface area contributed by atoms with E-state index in [-0.39, 0.29) is 47.5 Å². The maximum Gasteiger partial charge on any atom is 0.262 e. The summed E-state index contributed by atoms with van der Waals surface area (Å²) in [6.45, 7) is 3.26. The standard InChI is InChI=1S/C23H30FN3O7S2/c1-15-12-27(16(2)14-28)23(29)19-6-5-7-20(22(19)34-21(15)13-26(3)35(4,30)31)25-36(32,33)18-10-8-17(24)9-11-18/h5-11,15-16,21,25,28H,12-14H2,1-4H3/t15-,16+,21-/m1/s1. The van der Waals surface area contributed by atoms with Crippen LogP contribution in [0.2, 0.25) is 0 Å². The molecule has 1 aliphatic heterocycles. The molecule has 2 N–H and O–H groups in total. The number of aliphatic hydroxyl groups is 1. The van der Waals surface area contributed by atoms with E-state index in [9.17, 15) is 31.1 Å². The first-order chi connectivity index (χ1) is 16.7. The summed E-state index contributed by atoms with van der Waals surface area (Å²) in [6, 6.07) is 8.04. The number of likely N-dealkylation sites (N-methyl/N-ethyl adjacent to an activating group) is 1. The molecule has 0 radical (unpaired) electrons. The number of rotatable bonds is 8. The summed E-state index contributed by atoms with van der Waals surface area (Å²) in [5.41, 5.74) is 0.0106. The van der Waals surface area contributed by atoms with Gasteiger partial charge in [0.05, 0.1) is 41.6 Å². The average Bonchev–Trinajstić information content (AvgIpc) is 2.80. The predicted molar refractivity (Wildman–Crippen MR) is 132 cm³/mol.